The van der Waals surface area contributed by atoms with Crippen LogP contribution in [0.15, 0.2) is 63.5 Å². The molecule has 2 heterocycles. The minimum absolute atomic E-state index is 0.177. The van der Waals surface area contributed by atoms with E-state index in [0.717, 1.165) is 6.42 Å². The van der Waals surface area contributed by atoms with Crippen LogP contribution < -0.4 is 19.6 Å². The molecule has 0 bridgehead atoms. The molecule has 0 amide bonds. The first kappa shape index (κ1) is 24.9. The van der Waals surface area contributed by atoms with E-state index in [1.165, 1.54) is 35.1 Å². The number of rotatable bonds is 7. The minimum Gasteiger partial charge on any atom is -0.496 e. The van der Waals surface area contributed by atoms with Gasteiger partial charge in [0.1, 0.15) is 17.6 Å². The lowest BCUT2D eigenvalue weighted by atomic mass is 9.93. The second kappa shape index (κ2) is 10.6. The monoisotopic (exact) mass is 514 g/mol. The van der Waals surface area contributed by atoms with Gasteiger partial charge in [0.05, 0.1) is 29.5 Å². The maximum absolute atomic E-state index is 13.7. The van der Waals surface area contributed by atoms with Crippen molar-refractivity contribution in [2.24, 2.45) is 4.99 Å². The summed E-state index contributed by atoms with van der Waals surface area (Å²) >= 11 is 7.55. The highest BCUT2D eigenvalue weighted by Gasteiger charge is 2.36. The number of thiazole rings is 1. The third-order valence-corrected chi connectivity index (χ3v) is 6.76. The number of aromatic nitrogens is 1. The van der Waals surface area contributed by atoms with Crippen LogP contribution in [-0.2, 0) is 9.53 Å². The molecule has 0 N–H and O–H groups in total. The van der Waals surface area contributed by atoms with Crippen LogP contribution in [0.3, 0.4) is 0 Å². The Hall–Kier alpha value is -3.23. The highest BCUT2D eigenvalue weighted by Crippen LogP contribution is 2.38. The van der Waals surface area contributed by atoms with Crippen molar-refractivity contribution in [1.82, 2.24) is 4.57 Å². The van der Waals surface area contributed by atoms with Gasteiger partial charge in [-0.25, -0.2) is 14.2 Å². The summed E-state index contributed by atoms with van der Waals surface area (Å²) in [6.45, 7) is 3.89. The Kier molecular flexibility index (Phi) is 7.52. The van der Waals surface area contributed by atoms with Crippen molar-refractivity contribution < 1.29 is 18.7 Å². The van der Waals surface area contributed by atoms with Crippen molar-refractivity contribution in [2.75, 3.05) is 13.7 Å². The van der Waals surface area contributed by atoms with Crippen LogP contribution in [0, 0.1) is 5.82 Å². The smallest absolute Gasteiger partial charge is 0.338 e. The first-order valence-electron chi connectivity index (χ1n) is 11.2. The van der Waals surface area contributed by atoms with E-state index < -0.39 is 12.0 Å². The van der Waals surface area contributed by atoms with Gasteiger partial charge in [-0.3, -0.25) is 9.36 Å². The first-order chi connectivity index (χ1) is 16.9. The molecule has 0 aliphatic carbocycles. The van der Waals surface area contributed by atoms with Gasteiger partial charge in [0, 0.05) is 10.6 Å². The Balaban J connectivity index is 2.04. The van der Waals surface area contributed by atoms with E-state index in [4.69, 9.17) is 26.1 Å². The van der Waals surface area contributed by atoms with Crippen molar-refractivity contribution in [3.63, 3.8) is 0 Å². The number of halogens is 2. The minimum atomic E-state index is -0.837. The SMILES string of the molecule is CCCC1=C(C(=O)OCC)[C@H](c2cc(Cl)ccc2OC)n2c(s/c(=C/c3ccc(F)cc3)c2=O)=N1. The van der Waals surface area contributed by atoms with Crippen LogP contribution in [0.25, 0.3) is 6.08 Å². The van der Waals surface area contributed by atoms with Crippen LogP contribution in [0.2, 0.25) is 5.02 Å². The normalized spacial score (nSPS) is 15.6. The van der Waals surface area contributed by atoms with Crippen molar-refractivity contribution >= 4 is 35.0 Å². The van der Waals surface area contributed by atoms with E-state index in [1.54, 1.807) is 43.3 Å². The largest absolute Gasteiger partial charge is 0.496 e. The standard InChI is InChI=1S/C26H24ClFN2O4S/c1-4-6-19-22(25(32)34-5-2)23(18-14-16(27)9-12-20(18)33-3)30-24(31)21(35-26(30)29-19)13-15-7-10-17(28)11-8-15/h7-14,23H,4-6H2,1-3H3/b21-13+/t23-/m0/s1. The Morgan fingerprint density at radius 1 is 1.23 bits per heavy atom. The lowest BCUT2D eigenvalue weighted by molar-refractivity contribution is -0.139. The van der Waals surface area contributed by atoms with Gasteiger partial charge in [-0.2, -0.15) is 0 Å². The van der Waals surface area contributed by atoms with Gasteiger partial charge < -0.3 is 9.47 Å². The molecule has 4 rings (SSSR count). The zero-order valence-electron chi connectivity index (χ0n) is 19.5. The topological polar surface area (TPSA) is 69.9 Å². The molecule has 0 radical (unpaired) electrons. The summed E-state index contributed by atoms with van der Waals surface area (Å²) in [5.41, 5.74) is 1.75. The van der Waals surface area contributed by atoms with Crippen LogP contribution in [-0.4, -0.2) is 24.3 Å². The molecule has 0 spiro atoms. The fraction of sp³-hybridized carbons (Fsp3) is 0.269. The molecular formula is C26H24ClFN2O4S. The number of allylic oxidation sites excluding steroid dienone is 1. The number of benzene rings is 2. The number of carbonyl (C=O) groups is 1. The Labute approximate surface area is 210 Å². The molecule has 1 aliphatic rings. The molecule has 2 aromatic carbocycles. The van der Waals surface area contributed by atoms with Crippen molar-refractivity contribution in [2.45, 2.75) is 32.7 Å². The molecule has 0 fully saturated rings. The summed E-state index contributed by atoms with van der Waals surface area (Å²) in [6.07, 6.45) is 2.95. The number of methoxy groups -OCH3 is 1. The average molecular weight is 515 g/mol. The third kappa shape index (κ3) is 4.94. The van der Waals surface area contributed by atoms with Crippen LogP contribution in [0.5, 0.6) is 5.75 Å². The highest BCUT2D eigenvalue weighted by atomic mass is 35.5. The molecule has 1 aliphatic heterocycles. The van der Waals surface area contributed by atoms with Crippen LogP contribution in [0.4, 0.5) is 4.39 Å². The number of hydrogen-bond donors (Lipinski definition) is 0. The second-order valence-corrected chi connectivity index (χ2v) is 9.30. The van der Waals surface area contributed by atoms with E-state index >= 15 is 0 Å². The van der Waals surface area contributed by atoms with Crippen LogP contribution >= 0.6 is 22.9 Å². The molecular weight excluding hydrogens is 491 g/mol. The van der Waals surface area contributed by atoms with E-state index in [1.807, 2.05) is 6.92 Å². The van der Waals surface area contributed by atoms with E-state index in [2.05, 4.69) is 0 Å². The number of carbonyl (C=O) groups excluding carboxylic acids is 1. The molecule has 0 unspecified atom stereocenters. The first-order valence-corrected chi connectivity index (χ1v) is 12.4. The van der Waals surface area contributed by atoms with Gasteiger partial charge in [-0.05, 0) is 55.3 Å². The summed E-state index contributed by atoms with van der Waals surface area (Å²) < 4.78 is 26.2. The van der Waals surface area contributed by atoms with Gasteiger partial charge in [-0.1, -0.05) is 48.4 Å². The molecule has 0 saturated heterocycles. The van der Waals surface area contributed by atoms with Gasteiger partial charge in [0.2, 0.25) is 0 Å². The lowest BCUT2D eigenvalue weighted by Gasteiger charge is -2.27. The quantitative estimate of drug-likeness (QED) is 0.439. The van der Waals surface area contributed by atoms with Gasteiger partial charge >= 0.3 is 5.97 Å². The van der Waals surface area contributed by atoms with Gasteiger partial charge in [0.15, 0.2) is 4.80 Å². The summed E-state index contributed by atoms with van der Waals surface area (Å²) in [5.74, 6) is -0.424. The number of ether oxygens (including phenoxy) is 2. The molecule has 3 aromatic rings. The lowest BCUT2D eigenvalue weighted by Crippen LogP contribution is -2.40. The Morgan fingerprint density at radius 2 is 1.97 bits per heavy atom. The number of hydrogen-bond acceptors (Lipinski definition) is 6. The molecule has 6 nitrogen and oxygen atoms in total. The fourth-order valence-corrected chi connectivity index (χ4v) is 5.24. The van der Waals surface area contributed by atoms with Crippen LogP contribution in [0.1, 0.15) is 43.9 Å². The number of nitrogens with zero attached hydrogens (tertiary/aromatic N) is 2. The maximum Gasteiger partial charge on any atom is 0.338 e. The molecule has 0 saturated carbocycles. The molecule has 1 atom stereocenters. The zero-order valence-corrected chi connectivity index (χ0v) is 21.1. The third-order valence-electron chi connectivity index (χ3n) is 5.55. The Morgan fingerprint density at radius 3 is 2.63 bits per heavy atom. The maximum atomic E-state index is 13.7. The summed E-state index contributed by atoms with van der Waals surface area (Å²) in [5, 5.41) is 0.437. The van der Waals surface area contributed by atoms with E-state index in [0.29, 0.717) is 43.4 Å². The van der Waals surface area contributed by atoms with E-state index in [-0.39, 0.29) is 23.6 Å². The molecule has 35 heavy (non-hydrogen) atoms. The summed E-state index contributed by atoms with van der Waals surface area (Å²) in [4.78, 5) is 32.1. The summed E-state index contributed by atoms with van der Waals surface area (Å²) in [7, 11) is 1.52. The molecule has 9 heteroatoms. The van der Waals surface area contributed by atoms with Crippen molar-refractivity contribution in [1.29, 1.82) is 0 Å². The molecule has 1 aromatic heterocycles. The van der Waals surface area contributed by atoms with E-state index in [9.17, 15) is 14.0 Å². The fourth-order valence-electron chi connectivity index (χ4n) is 4.04. The molecule has 182 valence electrons. The van der Waals surface area contributed by atoms with Gasteiger partial charge in [-0.15, -0.1) is 0 Å². The average Bonchev–Trinajstić information content (AvgIpc) is 3.14. The predicted molar refractivity (Wildman–Crippen MR) is 134 cm³/mol. The van der Waals surface area contributed by atoms with Crippen molar-refractivity contribution in [3.8, 4) is 5.75 Å². The second-order valence-electron chi connectivity index (χ2n) is 7.85. The highest BCUT2D eigenvalue weighted by molar-refractivity contribution is 7.07. The van der Waals surface area contributed by atoms with Crippen molar-refractivity contribution in [3.05, 3.63) is 95.4 Å². The Bertz CT molecular complexity index is 1470. The number of fused-ring (bicyclic) bond motifs is 1. The van der Waals surface area contributed by atoms with Gasteiger partial charge in [0.25, 0.3) is 5.56 Å². The summed E-state index contributed by atoms with van der Waals surface area (Å²) in [6, 6.07) is 10.1. The zero-order chi connectivity index (χ0) is 25.1. The number of esters is 1. The predicted octanol–water partition coefficient (Wildman–Crippen LogP) is 4.38.